The van der Waals surface area contributed by atoms with E-state index in [0.717, 1.165) is 47.3 Å². The van der Waals surface area contributed by atoms with Crippen molar-refractivity contribution in [3.63, 3.8) is 0 Å². The van der Waals surface area contributed by atoms with Gasteiger partial charge in [0.1, 0.15) is 11.4 Å². The van der Waals surface area contributed by atoms with E-state index >= 15 is 0 Å². The summed E-state index contributed by atoms with van der Waals surface area (Å²) >= 11 is 3.48. The van der Waals surface area contributed by atoms with Crippen LogP contribution >= 0.6 is 15.9 Å². The number of nitrogens with zero attached hydrogens (tertiary/aromatic N) is 2. The molecule has 0 bridgehead atoms. The maximum atomic E-state index is 11.6. The zero-order chi connectivity index (χ0) is 17.4. The molecule has 4 nitrogen and oxygen atoms in total. The van der Waals surface area contributed by atoms with Gasteiger partial charge in [0, 0.05) is 16.5 Å². The zero-order valence-electron chi connectivity index (χ0n) is 14.3. The molecule has 130 valence electrons. The summed E-state index contributed by atoms with van der Waals surface area (Å²) in [5.74, 6) is 2.05. The molecule has 1 unspecified atom stereocenters. The zero-order valence-corrected chi connectivity index (χ0v) is 15.9. The van der Waals surface area contributed by atoms with Gasteiger partial charge in [0.15, 0.2) is 6.54 Å². The van der Waals surface area contributed by atoms with Crippen LogP contribution in [0.2, 0.25) is 0 Å². The predicted molar refractivity (Wildman–Crippen MR) is 102 cm³/mol. The molecule has 2 aliphatic heterocycles. The number of aliphatic hydroxyl groups is 1. The number of hydrogen-bond acceptors (Lipinski definition) is 3. The first kappa shape index (κ1) is 16.6. The number of amidine groups is 1. The van der Waals surface area contributed by atoms with Crippen molar-refractivity contribution in [3.05, 3.63) is 58.6 Å². The van der Waals surface area contributed by atoms with Gasteiger partial charge in [-0.2, -0.15) is 0 Å². The summed E-state index contributed by atoms with van der Waals surface area (Å²) in [6.45, 7) is 1.42. The number of benzene rings is 2. The number of hydrogen-bond donors (Lipinski definition) is 1. The molecule has 0 saturated heterocycles. The molecule has 5 heteroatoms. The Morgan fingerprint density at radius 1 is 1.08 bits per heavy atom. The molecule has 1 atom stereocenters. The van der Waals surface area contributed by atoms with Crippen molar-refractivity contribution in [2.24, 2.45) is 0 Å². The van der Waals surface area contributed by atoms with Crippen LogP contribution < -0.4 is 9.64 Å². The van der Waals surface area contributed by atoms with Crippen molar-refractivity contribution >= 4 is 27.5 Å². The molecule has 2 heterocycles. The Hall–Kier alpha value is -1.85. The standard InChI is InChI=1S/C20H22BrN2O2/c1-25-18-11-9-17(10-12-18)22-14-20(24,15-5-7-16(21)8-6-15)23-13-3-2-4-19(22)23/h5-12,24H,2-4,13-14H2,1H3/q+1. The summed E-state index contributed by atoms with van der Waals surface area (Å²) in [5.41, 5.74) is 1.04. The van der Waals surface area contributed by atoms with E-state index in [9.17, 15) is 5.11 Å². The molecule has 25 heavy (non-hydrogen) atoms. The Labute approximate surface area is 156 Å². The summed E-state index contributed by atoms with van der Waals surface area (Å²) in [6.07, 6.45) is 3.26. The van der Waals surface area contributed by atoms with E-state index in [2.05, 4.69) is 37.5 Å². The summed E-state index contributed by atoms with van der Waals surface area (Å²) in [6, 6.07) is 16.1. The summed E-state index contributed by atoms with van der Waals surface area (Å²) in [5, 5.41) is 11.6. The fourth-order valence-electron chi connectivity index (χ4n) is 3.86. The molecular formula is C20H22BrN2O2+. The van der Waals surface area contributed by atoms with E-state index in [4.69, 9.17) is 4.74 Å². The Kier molecular flexibility index (Phi) is 4.29. The van der Waals surface area contributed by atoms with Crippen LogP contribution in [0, 0.1) is 0 Å². The molecule has 0 amide bonds. The van der Waals surface area contributed by atoms with Gasteiger partial charge in [-0.05, 0) is 49.2 Å². The third kappa shape index (κ3) is 2.85. The van der Waals surface area contributed by atoms with Crippen LogP contribution in [0.4, 0.5) is 5.69 Å². The van der Waals surface area contributed by atoms with Crippen molar-refractivity contribution in [1.82, 2.24) is 0 Å². The normalized spacial score (nSPS) is 22.9. The third-order valence-corrected chi connectivity index (χ3v) is 5.70. The van der Waals surface area contributed by atoms with E-state index in [-0.39, 0.29) is 0 Å². The quantitative estimate of drug-likeness (QED) is 0.796. The first-order valence-corrected chi connectivity index (χ1v) is 9.44. The highest BCUT2D eigenvalue weighted by atomic mass is 79.9. The highest BCUT2D eigenvalue weighted by Crippen LogP contribution is 2.36. The maximum Gasteiger partial charge on any atom is 0.271 e. The van der Waals surface area contributed by atoms with Gasteiger partial charge in [0.2, 0.25) is 0 Å². The lowest BCUT2D eigenvalue weighted by molar-refractivity contribution is -0.661. The number of ether oxygens (including phenoxy) is 1. The van der Waals surface area contributed by atoms with E-state index < -0.39 is 5.72 Å². The molecule has 0 fully saturated rings. The van der Waals surface area contributed by atoms with Crippen molar-refractivity contribution < 1.29 is 14.4 Å². The number of β-amino-alcohol motifs (C(OH)–C–C–N with tert-alkyl or cyclic N) is 1. The molecule has 4 rings (SSSR count). The molecule has 1 N–H and O–H groups in total. The topological polar surface area (TPSA) is 35.7 Å². The third-order valence-electron chi connectivity index (χ3n) is 5.17. The van der Waals surface area contributed by atoms with Gasteiger partial charge in [-0.15, -0.1) is 0 Å². The highest BCUT2D eigenvalue weighted by molar-refractivity contribution is 9.10. The second-order valence-electron chi connectivity index (χ2n) is 6.63. The predicted octanol–water partition coefficient (Wildman–Crippen LogP) is 3.72. The van der Waals surface area contributed by atoms with Gasteiger partial charge in [-0.25, -0.2) is 9.48 Å². The van der Waals surface area contributed by atoms with Crippen LogP contribution in [-0.2, 0) is 5.72 Å². The van der Waals surface area contributed by atoms with Gasteiger partial charge in [-0.1, -0.05) is 28.1 Å². The van der Waals surface area contributed by atoms with Crippen LogP contribution in [0.15, 0.2) is 53.0 Å². The fraction of sp³-hybridized carbons (Fsp3) is 0.350. The van der Waals surface area contributed by atoms with Gasteiger partial charge in [-0.3, -0.25) is 0 Å². The second-order valence-corrected chi connectivity index (χ2v) is 7.55. The Bertz CT molecular complexity index is 801. The molecule has 0 aromatic heterocycles. The largest absolute Gasteiger partial charge is 0.497 e. The highest BCUT2D eigenvalue weighted by Gasteiger charge is 2.52. The van der Waals surface area contributed by atoms with Crippen molar-refractivity contribution in [1.29, 1.82) is 0 Å². The van der Waals surface area contributed by atoms with Gasteiger partial charge in [0.05, 0.1) is 13.7 Å². The first-order chi connectivity index (χ1) is 12.1. The fourth-order valence-corrected chi connectivity index (χ4v) is 4.12. The van der Waals surface area contributed by atoms with Crippen LogP contribution in [0.1, 0.15) is 24.8 Å². The number of halogens is 1. The van der Waals surface area contributed by atoms with Gasteiger partial charge in [0.25, 0.3) is 11.6 Å². The summed E-state index contributed by atoms with van der Waals surface area (Å²) in [7, 11) is 1.68. The smallest absolute Gasteiger partial charge is 0.271 e. The lowest BCUT2D eigenvalue weighted by Gasteiger charge is -2.24. The van der Waals surface area contributed by atoms with Crippen LogP contribution in [0.5, 0.6) is 5.75 Å². The minimum atomic E-state index is -0.990. The molecule has 0 saturated carbocycles. The van der Waals surface area contributed by atoms with Crippen molar-refractivity contribution in [3.8, 4) is 5.75 Å². The van der Waals surface area contributed by atoms with Gasteiger partial charge < -0.3 is 9.84 Å². The van der Waals surface area contributed by atoms with Crippen molar-refractivity contribution in [2.75, 3.05) is 25.1 Å². The van der Waals surface area contributed by atoms with Crippen LogP contribution in [0.3, 0.4) is 0 Å². The molecule has 0 radical (unpaired) electrons. The Balaban J connectivity index is 1.75. The van der Waals surface area contributed by atoms with Gasteiger partial charge >= 0.3 is 0 Å². The minimum absolute atomic E-state index is 0.538. The average molecular weight is 402 g/mol. The van der Waals surface area contributed by atoms with E-state index in [1.807, 2.05) is 36.4 Å². The summed E-state index contributed by atoms with van der Waals surface area (Å²) in [4.78, 5) is 2.25. The average Bonchev–Trinajstić information content (AvgIpc) is 2.97. The van der Waals surface area contributed by atoms with E-state index in [0.29, 0.717) is 6.54 Å². The molecule has 0 spiro atoms. The number of rotatable bonds is 3. The Morgan fingerprint density at radius 3 is 2.48 bits per heavy atom. The Morgan fingerprint density at radius 2 is 1.80 bits per heavy atom. The first-order valence-electron chi connectivity index (χ1n) is 8.65. The minimum Gasteiger partial charge on any atom is -0.497 e. The molecule has 2 aliphatic rings. The molecular weight excluding hydrogens is 380 g/mol. The lowest BCUT2D eigenvalue weighted by atomic mass is 10.0. The van der Waals surface area contributed by atoms with Crippen LogP contribution in [0.25, 0.3) is 0 Å². The SMILES string of the molecule is COc1ccc(N2CC(O)(c3ccc(Br)cc3)[N+]3=C2CCCC3)cc1. The monoisotopic (exact) mass is 401 g/mol. The summed E-state index contributed by atoms with van der Waals surface area (Å²) < 4.78 is 8.48. The molecule has 2 aromatic carbocycles. The maximum absolute atomic E-state index is 11.6. The lowest BCUT2D eigenvalue weighted by Crippen LogP contribution is -2.41. The number of anilines is 1. The van der Waals surface area contributed by atoms with Crippen molar-refractivity contribution in [2.45, 2.75) is 25.0 Å². The van der Waals surface area contributed by atoms with E-state index in [1.165, 1.54) is 5.84 Å². The molecule has 2 aromatic rings. The number of methoxy groups -OCH3 is 1. The van der Waals surface area contributed by atoms with Crippen LogP contribution in [-0.4, -0.2) is 35.7 Å². The second kappa shape index (κ2) is 6.46. The molecule has 0 aliphatic carbocycles. The van der Waals surface area contributed by atoms with E-state index in [1.54, 1.807) is 7.11 Å².